The van der Waals surface area contributed by atoms with Gasteiger partial charge in [-0.25, -0.2) is 24.7 Å². The van der Waals surface area contributed by atoms with Crippen molar-refractivity contribution < 1.29 is 28.7 Å². The molecule has 8 rings (SSSR count). The first-order valence-corrected chi connectivity index (χ1v) is 26.1. The van der Waals surface area contributed by atoms with E-state index in [1.807, 2.05) is 90.4 Å². The summed E-state index contributed by atoms with van der Waals surface area (Å²) in [5.74, 6) is 1.16. The van der Waals surface area contributed by atoms with Crippen molar-refractivity contribution in [2.45, 2.75) is 89.4 Å². The van der Waals surface area contributed by atoms with Crippen molar-refractivity contribution in [3.63, 3.8) is 0 Å². The number of rotatable bonds is 21. The summed E-state index contributed by atoms with van der Waals surface area (Å²) in [4.78, 5) is 84.2. The maximum absolute atomic E-state index is 14.7. The number of para-hydroxylation sites is 1. The second-order valence-electron chi connectivity index (χ2n) is 20.5. The average Bonchev–Trinajstić information content (AvgIpc) is 4.04. The summed E-state index contributed by atoms with van der Waals surface area (Å²) < 4.78 is 13.7. The summed E-state index contributed by atoms with van der Waals surface area (Å²) in [5.41, 5.74) is 2.26. The number of fused-ring (bicyclic) bond motifs is 2. The number of imidazole rings is 1. The van der Waals surface area contributed by atoms with Gasteiger partial charge in [-0.1, -0.05) is 48.4 Å². The molecule has 19 nitrogen and oxygen atoms in total. The number of benzene rings is 2. The molecule has 394 valence electrons. The lowest BCUT2D eigenvalue weighted by Gasteiger charge is -2.42. The van der Waals surface area contributed by atoms with Gasteiger partial charge < -0.3 is 49.7 Å². The lowest BCUT2D eigenvalue weighted by Crippen LogP contribution is -2.64. The molecule has 0 aliphatic carbocycles. The second-order valence-corrected chi connectivity index (χ2v) is 20.9. The van der Waals surface area contributed by atoms with Gasteiger partial charge >= 0.3 is 6.09 Å². The average molecular weight is 1030 g/mol. The standard InChI is InChI=1S/C54H70ClN13O6/c1-53(2,3)74-52(72)63-54(22-27-67(28-23-54)48-41-20-25-56-47(41)58-36-59-48)51(71)62-42(38-14-16-40(55)17-15-38)21-26-65-29-31-66(32-30-65)46(69)13-7-6-10-24-57-50(70)44-19-18-43-49(61-44)68(37-60-43)35-39-11-8-9-12-45(39)73-34-33-64(4)5/h8-9,11-12,14-20,25,36-37,42H,6-7,10,13,21-24,26-35H2,1-5H3,(H,57,70)(H,62,71)(H,63,72)(H,56,58,59)/t42-/m0/s1. The Bertz CT molecular complexity index is 2850. The molecule has 20 heteroatoms. The zero-order valence-electron chi connectivity index (χ0n) is 43.2. The van der Waals surface area contributed by atoms with Crippen LogP contribution in [0.15, 0.2) is 85.6 Å². The molecule has 2 aromatic carbocycles. The summed E-state index contributed by atoms with van der Waals surface area (Å²) in [6.45, 7) is 12.0. The van der Waals surface area contributed by atoms with Crippen LogP contribution in [0.5, 0.6) is 5.75 Å². The van der Waals surface area contributed by atoms with Crippen LogP contribution in [0.4, 0.5) is 10.6 Å². The number of piperazine rings is 1. The third-order valence-electron chi connectivity index (χ3n) is 13.6. The van der Waals surface area contributed by atoms with Gasteiger partial charge in [0.15, 0.2) is 5.65 Å². The van der Waals surface area contributed by atoms with Gasteiger partial charge in [-0.3, -0.25) is 19.3 Å². The zero-order valence-corrected chi connectivity index (χ0v) is 44.0. The number of carbonyl (C=O) groups is 4. The molecule has 2 fully saturated rings. The van der Waals surface area contributed by atoms with Gasteiger partial charge in [-0.15, -0.1) is 0 Å². The number of likely N-dealkylation sites (N-methyl/N-ethyl adjacent to an activating group) is 1. The van der Waals surface area contributed by atoms with Crippen LogP contribution in [0.1, 0.15) is 93.4 Å². The van der Waals surface area contributed by atoms with Gasteiger partial charge in [0.25, 0.3) is 5.91 Å². The van der Waals surface area contributed by atoms with E-state index in [0.29, 0.717) is 113 Å². The molecule has 6 aromatic rings. The first-order valence-electron chi connectivity index (χ1n) is 25.7. The predicted molar refractivity (Wildman–Crippen MR) is 285 cm³/mol. The molecule has 0 unspecified atom stereocenters. The first kappa shape index (κ1) is 53.5. The summed E-state index contributed by atoms with van der Waals surface area (Å²) in [6.07, 6.45) is 8.37. The van der Waals surface area contributed by atoms with E-state index in [4.69, 9.17) is 21.1 Å². The zero-order chi connectivity index (χ0) is 52.2. The van der Waals surface area contributed by atoms with Crippen molar-refractivity contribution >= 4 is 63.4 Å². The number of halogens is 1. The number of nitrogens with zero attached hydrogens (tertiary/aromatic N) is 9. The summed E-state index contributed by atoms with van der Waals surface area (Å²) in [7, 11) is 4.02. The van der Waals surface area contributed by atoms with Crippen molar-refractivity contribution in [3.05, 3.63) is 107 Å². The van der Waals surface area contributed by atoms with Crippen molar-refractivity contribution in [2.75, 3.05) is 84.5 Å². The Balaban J connectivity index is 0.787. The van der Waals surface area contributed by atoms with Crippen molar-refractivity contribution in [1.82, 2.24) is 60.1 Å². The number of piperidine rings is 1. The van der Waals surface area contributed by atoms with E-state index in [1.165, 1.54) is 6.33 Å². The Kier molecular flexibility index (Phi) is 17.7. The molecule has 74 heavy (non-hydrogen) atoms. The van der Waals surface area contributed by atoms with E-state index in [2.05, 4.69) is 55.6 Å². The Labute approximate surface area is 437 Å². The molecule has 6 heterocycles. The quantitative estimate of drug-likeness (QED) is 0.0562. The van der Waals surface area contributed by atoms with Crippen LogP contribution in [0.3, 0.4) is 0 Å². The molecule has 0 saturated carbocycles. The van der Waals surface area contributed by atoms with Crippen LogP contribution in [0, 0.1) is 0 Å². The molecule has 0 radical (unpaired) electrons. The maximum Gasteiger partial charge on any atom is 0.408 e. The van der Waals surface area contributed by atoms with Crippen molar-refractivity contribution in [3.8, 4) is 5.75 Å². The molecule has 2 aliphatic heterocycles. The largest absolute Gasteiger partial charge is 0.492 e. The minimum atomic E-state index is -1.25. The number of hydrogen-bond acceptors (Lipinski definition) is 13. The highest BCUT2D eigenvalue weighted by Gasteiger charge is 2.45. The minimum absolute atomic E-state index is 0.128. The van der Waals surface area contributed by atoms with Gasteiger partial charge in [0, 0.05) is 82.1 Å². The van der Waals surface area contributed by atoms with Crippen LogP contribution in [0.2, 0.25) is 5.02 Å². The topological polar surface area (TPSA) is 208 Å². The lowest BCUT2D eigenvalue weighted by molar-refractivity contribution is -0.133. The summed E-state index contributed by atoms with van der Waals surface area (Å²) in [5, 5.41) is 10.8. The molecule has 4 aromatic heterocycles. The summed E-state index contributed by atoms with van der Waals surface area (Å²) >= 11 is 6.32. The van der Waals surface area contributed by atoms with Gasteiger partial charge in [0.2, 0.25) is 11.8 Å². The number of hydrogen-bond donors (Lipinski definition) is 4. The van der Waals surface area contributed by atoms with Gasteiger partial charge in [-0.05, 0) is 109 Å². The highest BCUT2D eigenvalue weighted by Crippen LogP contribution is 2.32. The van der Waals surface area contributed by atoms with Crippen LogP contribution in [-0.4, -0.2) is 159 Å². The van der Waals surface area contributed by atoms with Crippen LogP contribution < -0.4 is 25.6 Å². The Morgan fingerprint density at radius 2 is 1.66 bits per heavy atom. The fourth-order valence-electron chi connectivity index (χ4n) is 9.47. The number of amides is 4. The number of aromatic nitrogens is 6. The molecule has 2 saturated heterocycles. The van der Waals surface area contributed by atoms with Crippen LogP contribution in [-0.2, 0) is 20.9 Å². The van der Waals surface area contributed by atoms with E-state index >= 15 is 0 Å². The molecule has 4 amide bonds. The van der Waals surface area contributed by atoms with Crippen LogP contribution >= 0.6 is 11.6 Å². The summed E-state index contributed by atoms with van der Waals surface area (Å²) in [6, 6.07) is 20.5. The smallest absolute Gasteiger partial charge is 0.408 e. The fourth-order valence-corrected chi connectivity index (χ4v) is 9.60. The second kappa shape index (κ2) is 24.5. The molecule has 0 bridgehead atoms. The molecule has 2 aliphatic rings. The number of anilines is 1. The molecular formula is C54H70ClN13O6. The molecular weight excluding hydrogens is 962 g/mol. The number of ether oxygens (including phenoxy) is 2. The third-order valence-corrected chi connectivity index (χ3v) is 13.9. The van der Waals surface area contributed by atoms with Crippen LogP contribution in [0.25, 0.3) is 22.2 Å². The number of carbonyl (C=O) groups excluding carboxylic acids is 4. The van der Waals surface area contributed by atoms with E-state index < -0.39 is 17.2 Å². The highest BCUT2D eigenvalue weighted by atomic mass is 35.5. The first-order chi connectivity index (χ1) is 35.6. The number of pyridine rings is 1. The predicted octanol–water partition coefficient (Wildman–Crippen LogP) is 6.59. The van der Waals surface area contributed by atoms with E-state index in [1.54, 1.807) is 33.2 Å². The Hall–Kier alpha value is -6.83. The number of unbranched alkanes of at least 4 members (excludes halogenated alkanes) is 2. The fraction of sp³-hybridized carbons (Fsp3) is 0.481. The van der Waals surface area contributed by atoms with Gasteiger partial charge in [0.05, 0.1) is 24.3 Å². The highest BCUT2D eigenvalue weighted by molar-refractivity contribution is 6.30. The number of aromatic amines is 1. The van der Waals surface area contributed by atoms with Crippen molar-refractivity contribution in [2.24, 2.45) is 0 Å². The number of alkyl carbamates (subject to hydrolysis) is 1. The molecule has 0 spiro atoms. The van der Waals surface area contributed by atoms with E-state index in [-0.39, 0.29) is 23.8 Å². The molecule has 4 N–H and O–H groups in total. The number of nitrogens with one attached hydrogen (secondary N) is 4. The van der Waals surface area contributed by atoms with E-state index in [9.17, 15) is 19.2 Å². The van der Waals surface area contributed by atoms with Gasteiger partial charge in [0.1, 0.15) is 52.5 Å². The van der Waals surface area contributed by atoms with E-state index in [0.717, 1.165) is 59.5 Å². The van der Waals surface area contributed by atoms with Crippen molar-refractivity contribution in [1.29, 1.82) is 0 Å². The third kappa shape index (κ3) is 14.1. The maximum atomic E-state index is 14.7. The lowest BCUT2D eigenvalue weighted by atomic mass is 9.85. The number of H-pyrrole nitrogens is 1. The monoisotopic (exact) mass is 1030 g/mol. The Morgan fingerprint density at radius 1 is 0.892 bits per heavy atom. The van der Waals surface area contributed by atoms with Gasteiger partial charge in [-0.2, -0.15) is 0 Å². The Morgan fingerprint density at radius 3 is 2.42 bits per heavy atom. The minimum Gasteiger partial charge on any atom is -0.492 e. The normalized spacial score (nSPS) is 15.6. The SMILES string of the molecule is CN(C)CCOc1ccccc1Cn1cnc2ccc(C(=O)NCCCCCC(=O)N3CCN(CC[C@H](NC(=O)C4(NC(=O)OC(C)(C)C)CCN(c5ncnc6[nH]ccc56)CC4)c4ccc(Cl)cc4)CC3)nc21. The molecule has 1 atom stereocenters.